The second-order valence-electron chi connectivity index (χ2n) is 8.41. The summed E-state index contributed by atoms with van der Waals surface area (Å²) in [6.07, 6.45) is 0. The van der Waals surface area contributed by atoms with Crippen LogP contribution in [0.3, 0.4) is 0 Å². The van der Waals surface area contributed by atoms with Crippen molar-refractivity contribution in [3.8, 4) is 0 Å². The molecule has 1 saturated heterocycles. The number of rotatable bonds is 4. The number of hydrogen-bond acceptors (Lipinski definition) is 5. The summed E-state index contributed by atoms with van der Waals surface area (Å²) in [7, 11) is 0. The molecule has 170 valence electrons. The van der Waals surface area contributed by atoms with Gasteiger partial charge in [-0.25, -0.2) is 4.39 Å². The standard InChI is InChI=1S/C25H18FN3O5/c1-13-3-6-15(7-4-13)21-22(25(32)27(21)16-8-5-14(2)20(26)12-16)28-23(30)18-10-9-17(29(33)34)11-19(18)24(28)31/h3-12,21-22H,1-2H3/t21-,22-/m0/s1. The minimum Gasteiger partial charge on any atom is -0.300 e. The molecule has 2 aliphatic heterocycles. The number of carbonyl (C=O) groups is 3. The van der Waals surface area contributed by atoms with E-state index in [-0.39, 0.29) is 16.8 Å². The number of amides is 3. The van der Waals surface area contributed by atoms with Crippen LogP contribution in [0.4, 0.5) is 15.8 Å². The van der Waals surface area contributed by atoms with E-state index in [0.29, 0.717) is 16.8 Å². The Hall–Kier alpha value is -4.40. The SMILES string of the molecule is Cc1ccc([C@H]2[C@H](N3C(=O)c4ccc([N+](=O)[O-])cc4C3=O)C(=O)N2c2ccc(C)c(F)c2)cc1. The van der Waals surface area contributed by atoms with Crippen molar-refractivity contribution in [2.24, 2.45) is 0 Å². The number of imide groups is 1. The van der Waals surface area contributed by atoms with Gasteiger partial charge in [0.15, 0.2) is 0 Å². The van der Waals surface area contributed by atoms with Crippen molar-refractivity contribution in [2.75, 3.05) is 4.90 Å². The average molecular weight is 459 g/mol. The second-order valence-corrected chi connectivity index (χ2v) is 8.41. The first-order chi connectivity index (χ1) is 16.2. The molecule has 1 fully saturated rings. The highest BCUT2D eigenvalue weighted by atomic mass is 19.1. The maximum absolute atomic E-state index is 14.3. The Morgan fingerprint density at radius 1 is 0.824 bits per heavy atom. The van der Waals surface area contributed by atoms with Crippen LogP contribution in [0.5, 0.6) is 0 Å². The predicted octanol–water partition coefficient (Wildman–Crippen LogP) is 4.10. The van der Waals surface area contributed by atoms with Crippen molar-refractivity contribution in [3.63, 3.8) is 0 Å². The third-order valence-electron chi connectivity index (χ3n) is 6.31. The smallest absolute Gasteiger partial charge is 0.270 e. The lowest BCUT2D eigenvalue weighted by atomic mass is 9.86. The van der Waals surface area contributed by atoms with Gasteiger partial charge in [-0.3, -0.25) is 29.4 Å². The van der Waals surface area contributed by atoms with E-state index in [0.717, 1.165) is 22.6 Å². The fourth-order valence-corrected chi connectivity index (χ4v) is 4.45. The van der Waals surface area contributed by atoms with E-state index in [1.165, 1.54) is 17.0 Å². The molecule has 0 aromatic heterocycles. The Labute approximate surface area is 193 Å². The number of fused-ring (bicyclic) bond motifs is 1. The van der Waals surface area contributed by atoms with Crippen LogP contribution in [0.2, 0.25) is 0 Å². The molecule has 34 heavy (non-hydrogen) atoms. The van der Waals surface area contributed by atoms with Crippen LogP contribution >= 0.6 is 0 Å². The van der Waals surface area contributed by atoms with Gasteiger partial charge in [0.2, 0.25) is 0 Å². The van der Waals surface area contributed by atoms with Gasteiger partial charge in [-0.05, 0) is 43.2 Å². The zero-order valence-electron chi connectivity index (χ0n) is 18.2. The molecule has 2 atom stereocenters. The van der Waals surface area contributed by atoms with Crippen LogP contribution in [-0.2, 0) is 4.79 Å². The predicted molar refractivity (Wildman–Crippen MR) is 120 cm³/mol. The van der Waals surface area contributed by atoms with Crippen LogP contribution in [0.25, 0.3) is 0 Å². The third-order valence-corrected chi connectivity index (χ3v) is 6.31. The number of aryl methyl sites for hydroxylation is 2. The first-order valence-corrected chi connectivity index (χ1v) is 10.5. The van der Waals surface area contributed by atoms with E-state index >= 15 is 0 Å². The number of halogens is 1. The lowest BCUT2D eigenvalue weighted by Gasteiger charge is -2.49. The van der Waals surface area contributed by atoms with Crippen molar-refractivity contribution in [3.05, 3.63) is 104 Å². The minimum absolute atomic E-state index is 0.00545. The maximum atomic E-state index is 14.3. The number of nitro benzene ring substituents is 1. The van der Waals surface area contributed by atoms with Crippen molar-refractivity contribution >= 4 is 29.1 Å². The van der Waals surface area contributed by atoms with Crippen LogP contribution in [0.1, 0.15) is 43.4 Å². The lowest BCUT2D eigenvalue weighted by molar-refractivity contribution is -0.384. The van der Waals surface area contributed by atoms with Gasteiger partial charge in [-0.1, -0.05) is 35.9 Å². The maximum Gasteiger partial charge on any atom is 0.270 e. The average Bonchev–Trinajstić information content (AvgIpc) is 3.05. The molecule has 0 bridgehead atoms. The van der Waals surface area contributed by atoms with E-state index in [1.807, 2.05) is 19.1 Å². The first kappa shape index (κ1) is 21.4. The molecule has 2 aliphatic rings. The van der Waals surface area contributed by atoms with Gasteiger partial charge in [0.25, 0.3) is 23.4 Å². The van der Waals surface area contributed by atoms with Crippen molar-refractivity contribution in [2.45, 2.75) is 25.9 Å². The summed E-state index contributed by atoms with van der Waals surface area (Å²) in [6.45, 7) is 3.51. The molecule has 0 saturated carbocycles. The highest BCUT2D eigenvalue weighted by Gasteiger charge is 2.57. The third kappa shape index (κ3) is 3.08. The fraction of sp³-hybridized carbons (Fsp3) is 0.160. The van der Waals surface area contributed by atoms with Gasteiger partial charge in [0, 0.05) is 17.8 Å². The zero-order valence-corrected chi connectivity index (χ0v) is 18.2. The molecule has 0 N–H and O–H groups in total. The minimum atomic E-state index is -1.17. The highest BCUT2D eigenvalue weighted by molar-refractivity contribution is 6.25. The summed E-state index contributed by atoms with van der Waals surface area (Å²) >= 11 is 0. The van der Waals surface area contributed by atoms with E-state index in [2.05, 4.69) is 0 Å². The number of benzene rings is 3. The summed E-state index contributed by atoms with van der Waals surface area (Å²) in [5, 5.41) is 11.1. The van der Waals surface area contributed by atoms with Crippen molar-refractivity contribution in [1.29, 1.82) is 0 Å². The molecule has 0 aliphatic carbocycles. The van der Waals surface area contributed by atoms with E-state index in [4.69, 9.17) is 0 Å². The number of β-lactam (4-membered cyclic amide) rings is 1. The Morgan fingerprint density at radius 2 is 1.50 bits per heavy atom. The largest absolute Gasteiger partial charge is 0.300 e. The van der Waals surface area contributed by atoms with Crippen molar-refractivity contribution < 1.29 is 23.7 Å². The van der Waals surface area contributed by atoms with E-state index in [1.54, 1.807) is 31.2 Å². The van der Waals surface area contributed by atoms with Crippen LogP contribution in [0, 0.1) is 29.8 Å². The monoisotopic (exact) mass is 459 g/mol. The Bertz CT molecular complexity index is 1400. The Kier molecular flexibility index (Phi) is 4.78. The van der Waals surface area contributed by atoms with Gasteiger partial charge >= 0.3 is 0 Å². The summed E-state index contributed by atoms with van der Waals surface area (Å²) in [6, 6.07) is 13.2. The van der Waals surface area contributed by atoms with Crippen molar-refractivity contribution in [1.82, 2.24) is 4.90 Å². The molecule has 9 heteroatoms. The molecular formula is C25H18FN3O5. The summed E-state index contributed by atoms with van der Waals surface area (Å²) in [5.41, 5.74) is 1.93. The van der Waals surface area contributed by atoms with E-state index in [9.17, 15) is 28.9 Å². The number of hydrogen-bond donors (Lipinski definition) is 0. The fourth-order valence-electron chi connectivity index (χ4n) is 4.45. The normalized spacial score (nSPS) is 19.3. The summed E-state index contributed by atoms with van der Waals surface area (Å²) < 4.78 is 14.3. The number of anilines is 1. The summed E-state index contributed by atoms with van der Waals surface area (Å²) in [5.74, 6) is -2.49. The molecule has 3 amide bonds. The van der Waals surface area contributed by atoms with Gasteiger partial charge in [0.1, 0.15) is 11.9 Å². The molecule has 0 spiro atoms. The van der Waals surface area contributed by atoms with Gasteiger partial charge in [0.05, 0.1) is 22.1 Å². The van der Waals surface area contributed by atoms with Gasteiger partial charge in [-0.2, -0.15) is 0 Å². The van der Waals surface area contributed by atoms with Gasteiger partial charge in [-0.15, -0.1) is 0 Å². The molecular weight excluding hydrogens is 441 g/mol. The Morgan fingerprint density at radius 3 is 2.15 bits per heavy atom. The van der Waals surface area contributed by atoms with Gasteiger partial charge < -0.3 is 4.90 Å². The number of carbonyl (C=O) groups excluding carboxylic acids is 3. The number of nitrogens with zero attached hydrogens (tertiary/aromatic N) is 3. The molecule has 2 heterocycles. The van der Waals surface area contributed by atoms with Crippen LogP contribution in [0.15, 0.2) is 60.7 Å². The van der Waals surface area contributed by atoms with Crippen LogP contribution in [-0.4, -0.2) is 33.6 Å². The topological polar surface area (TPSA) is 101 Å². The van der Waals surface area contributed by atoms with E-state index < -0.39 is 40.5 Å². The number of non-ortho nitro benzene ring substituents is 1. The zero-order chi connectivity index (χ0) is 24.3. The lowest BCUT2D eigenvalue weighted by Crippen LogP contribution is -2.67. The first-order valence-electron chi connectivity index (χ1n) is 10.5. The number of nitro groups is 1. The molecule has 5 rings (SSSR count). The molecule has 3 aromatic rings. The Balaban J connectivity index is 1.58. The molecule has 3 aromatic carbocycles. The molecule has 8 nitrogen and oxygen atoms in total. The quantitative estimate of drug-likeness (QED) is 0.253. The molecule has 0 unspecified atom stereocenters. The second kappa shape index (κ2) is 7.58. The molecule has 0 radical (unpaired) electrons. The van der Waals surface area contributed by atoms with Crippen LogP contribution < -0.4 is 4.90 Å². The highest BCUT2D eigenvalue weighted by Crippen LogP contribution is 2.44. The summed E-state index contributed by atoms with van der Waals surface area (Å²) in [4.78, 5) is 52.4.